The van der Waals surface area contributed by atoms with Gasteiger partial charge in [-0.15, -0.1) is 10.1 Å². The summed E-state index contributed by atoms with van der Waals surface area (Å²) in [7, 11) is 0. The predicted octanol–water partition coefficient (Wildman–Crippen LogP) is -0.107. The number of rotatable bonds is 11. The fraction of sp³-hybridized carbons (Fsp3) is 0.800. The predicted molar refractivity (Wildman–Crippen MR) is 66.4 cm³/mol. The van der Waals surface area contributed by atoms with Crippen molar-refractivity contribution in [3.63, 3.8) is 0 Å². The number of hydrogen-bond donors (Lipinski definition) is 3. The molecule has 0 rings (SSSR count). The highest BCUT2D eigenvalue weighted by atomic mass is 16.9. The Morgan fingerprint density at radius 2 is 2.00 bits per heavy atom. The van der Waals surface area contributed by atoms with E-state index in [9.17, 15) is 19.7 Å². The summed E-state index contributed by atoms with van der Waals surface area (Å²) in [5.74, 6) is -1.16. The van der Waals surface area contributed by atoms with Crippen molar-refractivity contribution in [2.45, 2.75) is 31.7 Å². The zero-order valence-corrected chi connectivity index (χ0v) is 10.9. The Kier molecular flexibility index (Phi) is 9.66. The average molecular weight is 293 g/mol. The first-order valence-electron chi connectivity index (χ1n) is 6.10. The second-order valence-corrected chi connectivity index (χ2v) is 3.87. The zero-order chi connectivity index (χ0) is 15.4. The Morgan fingerprint density at radius 3 is 2.55 bits per heavy atom. The van der Waals surface area contributed by atoms with Crippen LogP contribution < -0.4 is 11.1 Å². The van der Waals surface area contributed by atoms with Crippen LogP contribution in [-0.2, 0) is 14.4 Å². The first-order valence-corrected chi connectivity index (χ1v) is 6.10. The summed E-state index contributed by atoms with van der Waals surface area (Å²) in [6, 6.07) is -1.04. The Bertz CT molecular complexity index is 324. The van der Waals surface area contributed by atoms with Crippen LogP contribution in [0.25, 0.3) is 0 Å². The lowest BCUT2D eigenvalue weighted by atomic mass is 10.1. The number of carbonyl (C=O) groups is 2. The fourth-order valence-electron chi connectivity index (χ4n) is 1.30. The third kappa shape index (κ3) is 9.88. The Hall–Kier alpha value is -2.10. The van der Waals surface area contributed by atoms with Crippen LogP contribution in [0.1, 0.15) is 25.7 Å². The van der Waals surface area contributed by atoms with E-state index in [1.807, 2.05) is 0 Å². The summed E-state index contributed by atoms with van der Waals surface area (Å²) in [6.07, 6.45) is 0.750. The largest absolute Gasteiger partial charge is 0.480 e. The molecular weight excluding hydrogens is 274 g/mol. The second-order valence-electron chi connectivity index (χ2n) is 3.87. The van der Waals surface area contributed by atoms with Crippen molar-refractivity contribution in [2.75, 3.05) is 19.8 Å². The molecule has 0 radical (unpaired) electrons. The Balaban J connectivity index is 3.83. The molecule has 20 heavy (non-hydrogen) atoms. The fourth-order valence-corrected chi connectivity index (χ4v) is 1.30. The van der Waals surface area contributed by atoms with Gasteiger partial charge in [0.25, 0.3) is 5.09 Å². The first kappa shape index (κ1) is 17.9. The summed E-state index contributed by atoms with van der Waals surface area (Å²) >= 11 is 0. The maximum Gasteiger partial charge on any atom is 0.407 e. The number of unbranched alkanes of at least 4 members (excludes halogenated alkanes) is 1. The van der Waals surface area contributed by atoms with Crippen LogP contribution in [0.3, 0.4) is 0 Å². The lowest BCUT2D eigenvalue weighted by Crippen LogP contribution is -2.41. The van der Waals surface area contributed by atoms with Gasteiger partial charge in [0.15, 0.2) is 0 Å². The number of ether oxygens (including phenoxy) is 1. The van der Waals surface area contributed by atoms with Crippen LogP contribution in [0.2, 0.25) is 0 Å². The number of aliphatic carboxylic acids is 1. The van der Waals surface area contributed by atoms with Crippen molar-refractivity contribution in [1.82, 2.24) is 5.32 Å². The molecule has 1 unspecified atom stereocenters. The molecule has 0 aromatic rings. The highest BCUT2D eigenvalue weighted by Crippen LogP contribution is 2.01. The molecule has 0 saturated heterocycles. The van der Waals surface area contributed by atoms with Gasteiger partial charge in [0.05, 0.1) is 13.2 Å². The SMILES string of the molecule is NCCCCC(NC(=O)OCCCO[N+](=O)[O-])C(=O)O. The van der Waals surface area contributed by atoms with Crippen LogP contribution >= 0.6 is 0 Å². The molecule has 0 spiro atoms. The standard InChI is InChI=1S/C10H19N3O7/c11-5-2-1-4-8(9(14)15)12-10(16)19-6-3-7-20-13(17)18/h8H,1-7,11H2,(H,12,16)(H,14,15). The first-order chi connectivity index (χ1) is 9.47. The number of alkyl carbamates (subject to hydrolysis) is 1. The monoisotopic (exact) mass is 293 g/mol. The number of nitrogens with two attached hydrogens (primary N) is 1. The number of carbonyl (C=O) groups excluding carboxylic acids is 1. The van der Waals surface area contributed by atoms with Crippen LogP contribution in [0, 0.1) is 10.1 Å². The average Bonchev–Trinajstić information content (AvgIpc) is 2.36. The van der Waals surface area contributed by atoms with Crippen LogP contribution in [0.5, 0.6) is 0 Å². The maximum absolute atomic E-state index is 11.3. The van der Waals surface area contributed by atoms with Crippen LogP contribution in [0.4, 0.5) is 4.79 Å². The summed E-state index contributed by atoms with van der Waals surface area (Å²) in [5.41, 5.74) is 5.29. The molecule has 1 atom stereocenters. The van der Waals surface area contributed by atoms with Crippen molar-refractivity contribution < 1.29 is 29.4 Å². The lowest BCUT2D eigenvalue weighted by molar-refractivity contribution is -0.757. The third-order valence-electron chi connectivity index (χ3n) is 2.26. The Morgan fingerprint density at radius 1 is 1.30 bits per heavy atom. The van der Waals surface area contributed by atoms with E-state index < -0.39 is 23.2 Å². The van der Waals surface area contributed by atoms with Crippen LogP contribution in [-0.4, -0.2) is 48.1 Å². The van der Waals surface area contributed by atoms with Gasteiger partial charge >= 0.3 is 12.1 Å². The summed E-state index contributed by atoms with van der Waals surface area (Å²) in [5, 5.41) is 20.0. The molecule has 0 bridgehead atoms. The summed E-state index contributed by atoms with van der Waals surface area (Å²) in [4.78, 5) is 36.0. The normalized spacial score (nSPS) is 11.4. The number of carboxylic acid groups (broad SMARTS) is 1. The van der Waals surface area contributed by atoms with Crippen LogP contribution in [0.15, 0.2) is 0 Å². The molecule has 0 aliphatic carbocycles. The van der Waals surface area contributed by atoms with Crippen molar-refractivity contribution in [1.29, 1.82) is 0 Å². The molecule has 0 aromatic carbocycles. The quantitative estimate of drug-likeness (QED) is 0.271. The van der Waals surface area contributed by atoms with Gasteiger partial charge in [-0.2, -0.15) is 0 Å². The van der Waals surface area contributed by atoms with Gasteiger partial charge < -0.3 is 25.7 Å². The van der Waals surface area contributed by atoms with Gasteiger partial charge in [-0.05, 0) is 25.8 Å². The molecule has 0 aliphatic heterocycles. The van der Waals surface area contributed by atoms with E-state index in [0.717, 1.165) is 0 Å². The molecule has 10 nitrogen and oxygen atoms in total. The zero-order valence-electron chi connectivity index (χ0n) is 10.9. The van der Waals surface area contributed by atoms with E-state index in [1.54, 1.807) is 0 Å². The van der Waals surface area contributed by atoms with E-state index in [-0.39, 0.29) is 26.1 Å². The molecule has 0 heterocycles. The maximum atomic E-state index is 11.3. The highest BCUT2D eigenvalue weighted by Gasteiger charge is 2.19. The molecule has 0 aliphatic rings. The van der Waals surface area contributed by atoms with E-state index in [0.29, 0.717) is 19.4 Å². The van der Waals surface area contributed by atoms with E-state index >= 15 is 0 Å². The topological polar surface area (TPSA) is 154 Å². The molecule has 4 N–H and O–H groups in total. The molecule has 0 aromatic heterocycles. The molecule has 1 amide bonds. The number of amides is 1. The minimum absolute atomic E-state index is 0.102. The van der Waals surface area contributed by atoms with Gasteiger partial charge in [-0.25, -0.2) is 9.59 Å². The molecule has 0 saturated carbocycles. The van der Waals surface area contributed by atoms with Gasteiger partial charge in [0.1, 0.15) is 6.04 Å². The smallest absolute Gasteiger partial charge is 0.407 e. The molecule has 0 fully saturated rings. The minimum atomic E-state index is -1.16. The summed E-state index contributed by atoms with van der Waals surface area (Å²) in [6.45, 7) is 0.154. The number of nitrogens with one attached hydrogen (secondary N) is 1. The molecule has 116 valence electrons. The molecule has 10 heteroatoms. The van der Waals surface area contributed by atoms with E-state index in [2.05, 4.69) is 14.9 Å². The van der Waals surface area contributed by atoms with Crippen molar-refractivity contribution in [2.24, 2.45) is 5.73 Å². The van der Waals surface area contributed by atoms with Crippen molar-refractivity contribution >= 4 is 12.1 Å². The van der Waals surface area contributed by atoms with E-state index in [1.165, 1.54) is 0 Å². The number of carboxylic acids is 1. The van der Waals surface area contributed by atoms with E-state index in [4.69, 9.17) is 10.8 Å². The lowest BCUT2D eigenvalue weighted by Gasteiger charge is -2.14. The summed E-state index contributed by atoms with van der Waals surface area (Å²) < 4.78 is 4.67. The van der Waals surface area contributed by atoms with Gasteiger partial charge in [0.2, 0.25) is 0 Å². The Labute approximate surface area is 115 Å². The van der Waals surface area contributed by atoms with Gasteiger partial charge in [0, 0.05) is 6.42 Å². The minimum Gasteiger partial charge on any atom is -0.480 e. The number of hydrogen-bond acceptors (Lipinski definition) is 7. The number of nitrogens with zero attached hydrogens (tertiary/aromatic N) is 1. The van der Waals surface area contributed by atoms with Gasteiger partial charge in [-0.1, -0.05) is 0 Å². The highest BCUT2D eigenvalue weighted by molar-refractivity contribution is 5.79. The molecular formula is C10H19N3O7. The third-order valence-corrected chi connectivity index (χ3v) is 2.26. The van der Waals surface area contributed by atoms with Crippen molar-refractivity contribution in [3.8, 4) is 0 Å². The van der Waals surface area contributed by atoms with Crippen molar-refractivity contribution in [3.05, 3.63) is 10.1 Å². The second kappa shape index (κ2) is 10.8. The van der Waals surface area contributed by atoms with Gasteiger partial charge in [-0.3, -0.25) is 0 Å².